The van der Waals surface area contributed by atoms with E-state index in [0.29, 0.717) is 5.41 Å². The third kappa shape index (κ3) is 4.80. The second kappa shape index (κ2) is 8.29. The normalized spacial score (nSPS) is 14.4. The smallest absolute Gasteiger partial charge is 0.0305 e. The van der Waals surface area contributed by atoms with Gasteiger partial charge in [-0.25, -0.2) is 0 Å². The molecular weight excluding hydrogens is 218 g/mol. The second-order valence-electron chi connectivity index (χ2n) is 5.72. The molecule has 1 nitrogen and oxygen atoms in total. The highest BCUT2D eigenvalue weighted by atomic mass is 14.6. The average Bonchev–Trinajstić information content (AvgIpc) is 2.42. The molecule has 0 fully saturated rings. The maximum Gasteiger partial charge on any atom is 0.0305 e. The van der Waals surface area contributed by atoms with E-state index in [1.807, 2.05) is 6.20 Å². The fourth-order valence-electron chi connectivity index (χ4n) is 2.64. The predicted octanol–water partition coefficient (Wildman–Crippen LogP) is 5.50. The van der Waals surface area contributed by atoms with Crippen molar-refractivity contribution in [2.75, 3.05) is 0 Å². The quantitative estimate of drug-likeness (QED) is 0.525. The molecule has 0 bridgehead atoms. The maximum absolute atomic E-state index is 4.30. The van der Waals surface area contributed by atoms with Gasteiger partial charge in [0.1, 0.15) is 0 Å². The van der Waals surface area contributed by atoms with Crippen LogP contribution in [-0.4, -0.2) is 4.98 Å². The van der Waals surface area contributed by atoms with Crippen LogP contribution < -0.4 is 0 Å². The monoisotopic (exact) mass is 247 g/mol. The number of rotatable bonds is 9. The van der Waals surface area contributed by atoms with Crippen LogP contribution in [-0.2, 0) is 5.41 Å². The Balaban J connectivity index is 2.63. The van der Waals surface area contributed by atoms with Crippen LogP contribution in [0.3, 0.4) is 0 Å². The van der Waals surface area contributed by atoms with Crippen LogP contribution in [0.15, 0.2) is 24.5 Å². The summed E-state index contributed by atoms with van der Waals surface area (Å²) in [5, 5.41) is 0. The van der Waals surface area contributed by atoms with Crippen molar-refractivity contribution >= 4 is 0 Å². The molecule has 1 aromatic rings. The van der Waals surface area contributed by atoms with E-state index in [4.69, 9.17) is 0 Å². The van der Waals surface area contributed by atoms with Crippen molar-refractivity contribution in [1.82, 2.24) is 4.98 Å². The van der Waals surface area contributed by atoms with Gasteiger partial charge in [-0.2, -0.15) is 0 Å². The first-order valence-electron chi connectivity index (χ1n) is 7.63. The van der Waals surface area contributed by atoms with Gasteiger partial charge in [-0.05, 0) is 29.9 Å². The van der Waals surface area contributed by atoms with Gasteiger partial charge in [0.05, 0.1) is 0 Å². The van der Waals surface area contributed by atoms with Crippen molar-refractivity contribution in [2.24, 2.45) is 0 Å². The summed E-state index contributed by atoms with van der Waals surface area (Å²) in [7, 11) is 0. The summed E-state index contributed by atoms with van der Waals surface area (Å²) in [6, 6.07) is 4.33. The topological polar surface area (TPSA) is 12.9 Å². The molecule has 1 unspecified atom stereocenters. The molecule has 0 spiro atoms. The average molecular weight is 247 g/mol. The molecular formula is C17H29N. The van der Waals surface area contributed by atoms with Crippen molar-refractivity contribution < 1.29 is 0 Å². The summed E-state index contributed by atoms with van der Waals surface area (Å²) in [6.45, 7) is 6.98. The van der Waals surface area contributed by atoms with Gasteiger partial charge in [0.2, 0.25) is 0 Å². The van der Waals surface area contributed by atoms with E-state index in [0.717, 1.165) is 0 Å². The zero-order valence-electron chi connectivity index (χ0n) is 12.4. The minimum atomic E-state index is 0.331. The van der Waals surface area contributed by atoms with Gasteiger partial charge in [0.25, 0.3) is 0 Å². The van der Waals surface area contributed by atoms with Crippen molar-refractivity contribution in [3.05, 3.63) is 30.1 Å². The number of pyridine rings is 1. The standard InChI is InChI=1S/C17H29N/c1-4-6-8-9-13-17(3,12-7-5-2)16-11-10-14-18-15-16/h10-11,14-15H,4-9,12-13H2,1-3H3. The first-order chi connectivity index (χ1) is 8.73. The lowest BCUT2D eigenvalue weighted by molar-refractivity contribution is 0.368. The Bertz CT molecular complexity index is 307. The summed E-state index contributed by atoms with van der Waals surface area (Å²) >= 11 is 0. The summed E-state index contributed by atoms with van der Waals surface area (Å²) < 4.78 is 0. The Morgan fingerprint density at radius 3 is 2.33 bits per heavy atom. The summed E-state index contributed by atoms with van der Waals surface area (Å²) in [6.07, 6.45) is 14.6. The number of unbranched alkanes of at least 4 members (excludes halogenated alkanes) is 4. The molecule has 0 aliphatic heterocycles. The molecule has 1 heteroatoms. The molecule has 0 saturated carbocycles. The molecule has 0 aliphatic rings. The third-order valence-corrected chi connectivity index (χ3v) is 4.02. The SMILES string of the molecule is CCCCCCC(C)(CCCC)c1cccnc1. The van der Waals surface area contributed by atoms with E-state index in [1.54, 1.807) is 0 Å². The number of hydrogen-bond donors (Lipinski definition) is 0. The molecule has 0 radical (unpaired) electrons. The van der Waals surface area contributed by atoms with Crippen molar-refractivity contribution in [2.45, 2.75) is 77.6 Å². The van der Waals surface area contributed by atoms with E-state index in [1.165, 1.54) is 56.9 Å². The van der Waals surface area contributed by atoms with Crippen LogP contribution in [0.2, 0.25) is 0 Å². The zero-order valence-corrected chi connectivity index (χ0v) is 12.4. The van der Waals surface area contributed by atoms with Gasteiger partial charge in [-0.1, -0.05) is 65.4 Å². The van der Waals surface area contributed by atoms with Crippen LogP contribution in [0.5, 0.6) is 0 Å². The van der Waals surface area contributed by atoms with E-state index in [9.17, 15) is 0 Å². The third-order valence-electron chi connectivity index (χ3n) is 4.02. The Labute approximate surface area is 113 Å². The molecule has 18 heavy (non-hydrogen) atoms. The van der Waals surface area contributed by atoms with Crippen LogP contribution in [0, 0.1) is 0 Å². The number of aromatic nitrogens is 1. The summed E-state index contributed by atoms with van der Waals surface area (Å²) in [5.74, 6) is 0. The van der Waals surface area contributed by atoms with Crippen LogP contribution in [0.1, 0.15) is 77.7 Å². The van der Waals surface area contributed by atoms with Gasteiger partial charge in [-0.15, -0.1) is 0 Å². The Kier molecular flexibility index (Phi) is 7.00. The largest absolute Gasteiger partial charge is 0.264 e. The zero-order chi connectivity index (χ0) is 13.3. The van der Waals surface area contributed by atoms with Crippen molar-refractivity contribution in [3.63, 3.8) is 0 Å². The maximum atomic E-state index is 4.30. The lowest BCUT2D eigenvalue weighted by Crippen LogP contribution is -2.22. The molecule has 0 N–H and O–H groups in total. The first kappa shape index (κ1) is 15.2. The van der Waals surface area contributed by atoms with Gasteiger partial charge in [0.15, 0.2) is 0 Å². The van der Waals surface area contributed by atoms with Crippen LogP contribution in [0.4, 0.5) is 0 Å². The molecule has 1 aromatic heterocycles. The van der Waals surface area contributed by atoms with Crippen LogP contribution >= 0.6 is 0 Å². The lowest BCUT2D eigenvalue weighted by atomic mass is 9.75. The van der Waals surface area contributed by atoms with E-state index >= 15 is 0 Å². The molecule has 0 aromatic carbocycles. The highest BCUT2D eigenvalue weighted by molar-refractivity contribution is 5.20. The molecule has 0 saturated heterocycles. The van der Waals surface area contributed by atoms with Gasteiger partial charge in [-0.3, -0.25) is 4.98 Å². The van der Waals surface area contributed by atoms with E-state index < -0.39 is 0 Å². The molecule has 102 valence electrons. The fourth-order valence-corrected chi connectivity index (χ4v) is 2.64. The van der Waals surface area contributed by atoms with Crippen LogP contribution in [0.25, 0.3) is 0 Å². The molecule has 0 amide bonds. The van der Waals surface area contributed by atoms with E-state index in [-0.39, 0.29) is 0 Å². The first-order valence-corrected chi connectivity index (χ1v) is 7.63. The van der Waals surface area contributed by atoms with Gasteiger partial charge < -0.3 is 0 Å². The molecule has 0 aliphatic carbocycles. The minimum Gasteiger partial charge on any atom is -0.264 e. The Hall–Kier alpha value is -0.850. The fraction of sp³-hybridized carbons (Fsp3) is 0.706. The summed E-state index contributed by atoms with van der Waals surface area (Å²) in [4.78, 5) is 4.30. The molecule has 1 atom stereocenters. The molecule has 1 heterocycles. The number of nitrogens with zero attached hydrogens (tertiary/aromatic N) is 1. The number of hydrogen-bond acceptors (Lipinski definition) is 1. The second-order valence-corrected chi connectivity index (χ2v) is 5.72. The van der Waals surface area contributed by atoms with Crippen molar-refractivity contribution in [3.8, 4) is 0 Å². The highest BCUT2D eigenvalue weighted by Gasteiger charge is 2.25. The van der Waals surface area contributed by atoms with E-state index in [2.05, 4.69) is 44.1 Å². The van der Waals surface area contributed by atoms with Gasteiger partial charge in [0, 0.05) is 12.4 Å². The molecule has 1 rings (SSSR count). The Morgan fingerprint density at radius 1 is 1.00 bits per heavy atom. The Morgan fingerprint density at radius 2 is 1.72 bits per heavy atom. The highest BCUT2D eigenvalue weighted by Crippen LogP contribution is 2.34. The minimum absolute atomic E-state index is 0.331. The summed E-state index contributed by atoms with van der Waals surface area (Å²) in [5.41, 5.74) is 1.76. The predicted molar refractivity (Wildman–Crippen MR) is 79.9 cm³/mol. The van der Waals surface area contributed by atoms with Crippen molar-refractivity contribution in [1.29, 1.82) is 0 Å². The van der Waals surface area contributed by atoms with Gasteiger partial charge >= 0.3 is 0 Å². The lowest BCUT2D eigenvalue weighted by Gasteiger charge is -2.30.